The SMILES string of the molecule is CC(C)(C)c1nc(-c2ccnc(N)n2)c(-c2ccc(F)c(NC(=O)Nc3ccc(F)cc3Cl)c2)s1. The molecule has 2 aromatic carbocycles. The Labute approximate surface area is 209 Å². The number of nitrogen functional groups attached to an aromatic ring is 1. The zero-order valence-corrected chi connectivity index (χ0v) is 20.6. The molecule has 4 aromatic rings. The topological polar surface area (TPSA) is 106 Å². The van der Waals surface area contributed by atoms with Crippen LogP contribution in [0.5, 0.6) is 0 Å². The highest BCUT2D eigenvalue weighted by molar-refractivity contribution is 7.15. The molecule has 0 radical (unpaired) electrons. The average Bonchev–Trinajstić information content (AvgIpc) is 3.23. The summed E-state index contributed by atoms with van der Waals surface area (Å²) in [4.78, 5) is 26.2. The molecule has 0 saturated heterocycles. The van der Waals surface area contributed by atoms with Crippen molar-refractivity contribution < 1.29 is 13.6 Å². The second-order valence-electron chi connectivity index (χ2n) is 8.64. The molecule has 2 aromatic heterocycles. The maximum Gasteiger partial charge on any atom is 0.323 e. The van der Waals surface area contributed by atoms with Crippen molar-refractivity contribution in [1.82, 2.24) is 15.0 Å². The van der Waals surface area contributed by atoms with Crippen LogP contribution in [0.1, 0.15) is 25.8 Å². The van der Waals surface area contributed by atoms with Gasteiger partial charge in [0.15, 0.2) is 0 Å². The Morgan fingerprint density at radius 2 is 1.77 bits per heavy atom. The lowest BCUT2D eigenvalue weighted by Gasteiger charge is -2.13. The Bertz CT molecular complexity index is 1420. The summed E-state index contributed by atoms with van der Waals surface area (Å²) >= 11 is 7.40. The predicted octanol–water partition coefficient (Wildman–Crippen LogP) is 6.72. The van der Waals surface area contributed by atoms with Crippen molar-refractivity contribution in [2.24, 2.45) is 0 Å². The summed E-state index contributed by atoms with van der Waals surface area (Å²) in [7, 11) is 0. The molecule has 0 atom stereocenters. The summed E-state index contributed by atoms with van der Waals surface area (Å²) in [6, 6.07) is 8.86. The fourth-order valence-electron chi connectivity index (χ4n) is 3.14. The zero-order valence-electron chi connectivity index (χ0n) is 19.0. The number of rotatable bonds is 4. The van der Waals surface area contributed by atoms with E-state index in [0.29, 0.717) is 17.0 Å². The zero-order chi connectivity index (χ0) is 25.3. The first kappa shape index (κ1) is 24.5. The highest BCUT2D eigenvalue weighted by Crippen LogP contribution is 2.41. The lowest BCUT2D eigenvalue weighted by Crippen LogP contribution is -2.20. The predicted molar refractivity (Wildman–Crippen MR) is 136 cm³/mol. The van der Waals surface area contributed by atoms with Crippen molar-refractivity contribution in [2.45, 2.75) is 26.2 Å². The van der Waals surface area contributed by atoms with Crippen LogP contribution in [0.3, 0.4) is 0 Å². The van der Waals surface area contributed by atoms with Gasteiger partial charge in [0.25, 0.3) is 0 Å². The van der Waals surface area contributed by atoms with Gasteiger partial charge in [-0.15, -0.1) is 11.3 Å². The molecule has 0 unspecified atom stereocenters. The van der Waals surface area contributed by atoms with E-state index >= 15 is 0 Å². The minimum Gasteiger partial charge on any atom is -0.368 e. The van der Waals surface area contributed by atoms with Crippen LogP contribution in [0.25, 0.3) is 21.8 Å². The monoisotopic (exact) mass is 514 g/mol. The van der Waals surface area contributed by atoms with Crippen LogP contribution in [0, 0.1) is 11.6 Å². The van der Waals surface area contributed by atoms with Gasteiger partial charge in [-0.05, 0) is 42.0 Å². The number of carbonyl (C=O) groups is 1. The molecular weight excluding hydrogens is 494 g/mol. The summed E-state index contributed by atoms with van der Waals surface area (Å²) in [5.41, 5.74) is 7.39. The van der Waals surface area contributed by atoms with E-state index < -0.39 is 17.7 Å². The molecule has 11 heteroatoms. The van der Waals surface area contributed by atoms with Gasteiger partial charge >= 0.3 is 6.03 Å². The van der Waals surface area contributed by atoms with Crippen molar-refractivity contribution in [3.05, 3.63) is 70.3 Å². The third kappa shape index (κ3) is 5.55. The van der Waals surface area contributed by atoms with E-state index in [1.807, 2.05) is 20.8 Å². The second-order valence-corrected chi connectivity index (χ2v) is 10.1. The molecule has 0 aliphatic heterocycles. The molecule has 0 bridgehead atoms. The number of carbonyl (C=O) groups excluding carboxylic acids is 1. The molecule has 35 heavy (non-hydrogen) atoms. The van der Waals surface area contributed by atoms with Gasteiger partial charge in [0.05, 0.1) is 32.0 Å². The van der Waals surface area contributed by atoms with E-state index in [-0.39, 0.29) is 27.8 Å². The fraction of sp³-hybridized carbons (Fsp3) is 0.167. The molecule has 0 aliphatic rings. The molecule has 4 rings (SSSR count). The van der Waals surface area contributed by atoms with Crippen LogP contribution < -0.4 is 16.4 Å². The smallest absolute Gasteiger partial charge is 0.323 e. The van der Waals surface area contributed by atoms with Crippen LogP contribution in [0.2, 0.25) is 5.02 Å². The number of benzene rings is 2. The van der Waals surface area contributed by atoms with E-state index in [1.165, 1.54) is 29.5 Å². The van der Waals surface area contributed by atoms with Gasteiger partial charge in [0.2, 0.25) is 5.95 Å². The number of urea groups is 1. The van der Waals surface area contributed by atoms with Crippen LogP contribution in [-0.2, 0) is 5.41 Å². The highest BCUT2D eigenvalue weighted by atomic mass is 35.5. The number of anilines is 3. The number of nitrogens with zero attached hydrogens (tertiary/aromatic N) is 3. The van der Waals surface area contributed by atoms with E-state index in [9.17, 15) is 13.6 Å². The highest BCUT2D eigenvalue weighted by Gasteiger charge is 2.24. The number of aromatic nitrogens is 3. The van der Waals surface area contributed by atoms with Crippen molar-refractivity contribution >= 4 is 46.3 Å². The van der Waals surface area contributed by atoms with E-state index in [4.69, 9.17) is 22.3 Å². The quantitative estimate of drug-likeness (QED) is 0.280. The standard InChI is InChI=1S/C24H21ClF2N6OS/c1-24(2,3)21-33-19(17-8-9-29-22(28)30-17)20(35-21)12-4-6-15(27)18(10-12)32-23(34)31-16-7-5-13(26)11-14(16)25/h4-11H,1-3H3,(H2,28,29,30)(H2,31,32,34). The van der Waals surface area contributed by atoms with Gasteiger partial charge in [0, 0.05) is 11.6 Å². The second kappa shape index (κ2) is 9.55. The number of hydrogen-bond donors (Lipinski definition) is 3. The summed E-state index contributed by atoms with van der Waals surface area (Å²) in [6.45, 7) is 6.11. The third-order valence-electron chi connectivity index (χ3n) is 4.84. The van der Waals surface area contributed by atoms with Gasteiger partial charge in [-0.25, -0.2) is 28.5 Å². The van der Waals surface area contributed by atoms with Gasteiger partial charge in [0.1, 0.15) is 17.3 Å². The van der Waals surface area contributed by atoms with Gasteiger partial charge in [-0.1, -0.05) is 38.4 Å². The number of nitrogens with two attached hydrogens (primary N) is 1. The lowest BCUT2D eigenvalue weighted by atomic mass is 9.98. The number of hydrogen-bond acceptors (Lipinski definition) is 6. The number of thiazole rings is 1. The number of nitrogens with one attached hydrogen (secondary N) is 2. The summed E-state index contributed by atoms with van der Waals surface area (Å²) in [6.07, 6.45) is 1.54. The first-order chi connectivity index (χ1) is 16.5. The van der Waals surface area contributed by atoms with E-state index in [2.05, 4.69) is 20.6 Å². The van der Waals surface area contributed by atoms with E-state index in [1.54, 1.807) is 18.3 Å². The number of halogens is 3. The Morgan fingerprint density at radius 3 is 2.46 bits per heavy atom. The summed E-state index contributed by atoms with van der Waals surface area (Å²) < 4.78 is 27.9. The maximum absolute atomic E-state index is 14.6. The molecule has 180 valence electrons. The molecule has 4 N–H and O–H groups in total. The average molecular weight is 515 g/mol. The Hall–Kier alpha value is -3.63. The molecule has 0 spiro atoms. The van der Waals surface area contributed by atoms with Crippen LogP contribution in [-0.4, -0.2) is 21.0 Å². The largest absolute Gasteiger partial charge is 0.368 e. The minimum absolute atomic E-state index is 0.0162. The first-order valence-corrected chi connectivity index (χ1v) is 11.6. The van der Waals surface area contributed by atoms with Crippen molar-refractivity contribution in [1.29, 1.82) is 0 Å². The van der Waals surface area contributed by atoms with Gasteiger partial charge in [-0.2, -0.15) is 0 Å². The summed E-state index contributed by atoms with van der Waals surface area (Å²) in [5, 5.41) is 5.83. The van der Waals surface area contributed by atoms with Crippen molar-refractivity contribution in [3.63, 3.8) is 0 Å². The number of amides is 2. The molecule has 0 saturated carbocycles. The Kier molecular flexibility index (Phi) is 6.68. The minimum atomic E-state index is -0.738. The van der Waals surface area contributed by atoms with E-state index in [0.717, 1.165) is 22.0 Å². The molecular formula is C24H21ClF2N6OS. The Balaban J connectivity index is 1.70. The van der Waals surface area contributed by atoms with Crippen molar-refractivity contribution in [2.75, 3.05) is 16.4 Å². The molecule has 0 fully saturated rings. The Morgan fingerprint density at radius 1 is 1.03 bits per heavy atom. The lowest BCUT2D eigenvalue weighted by molar-refractivity contribution is 0.262. The van der Waals surface area contributed by atoms with Crippen LogP contribution in [0.15, 0.2) is 48.7 Å². The van der Waals surface area contributed by atoms with Crippen LogP contribution in [0.4, 0.5) is 30.9 Å². The molecule has 2 heterocycles. The first-order valence-electron chi connectivity index (χ1n) is 10.4. The van der Waals surface area contributed by atoms with Gasteiger partial charge in [-0.3, -0.25) is 0 Å². The summed E-state index contributed by atoms with van der Waals surface area (Å²) in [5.74, 6) is -1.07. The molecule has 2 amide bonds. The van der Waals surface area contributed by atoms with Gasteiger partial charge < -0.3 is 16.4 Å². The fourth-order valence-corrected chi connectivity index (χ4v) is 4.49. The van der Waals surface area contributed by atoms with Crippen LogP contribution >= 0.6 is 22.9 Å². The molecule has 0 aliphatic carbocycles. The molecule has 7 nitrogen and oxygen atoms in total. The maximum atomic E-state index is 14.6. The normalized spacial score (nSPS) is 11.4. The van der Waals surface area contributed by atoms with Crippen molar-refractivity contribution in [3.8, 4) is 21.8 Å². The third-order valence-corrected chi connectivity index (χ3v) is 6.68.